The molecule has 2 aliphatic heterocycles. The van der Waals surface area contributed by atoms with Crippen molar-refractivity contribution < 1.29 is 18.1 Å². The minimum atomic E-state index is -3.78. The Balaban J connectivity index is 1.53. The van der Waals surface area contributed by atoms with Gasteiger partial charge in [0.2, 0.25) is 15.9 Å². The van der Waals surface area contributed by atoms with Crippen molar-refractivity contribution in [2.24, 2.45) is 11.8 Å². The molecule has 2 saturated heterocycles. The first kappa shape index (κ1) is 23.9. The zero-order valence-electron chi connectivity index (χ0n) is 19.3. The summed E-state index contributed by atoms with van der Waals surface area (Å²) < 4.78 is 27.7. The van der Waals surface area contributed by atoms with Crippen LogP contribution in [0, 0.1) is 22.0 Å². The average Bonchev–Trinajstić information content (AvgIpc) is 3.23. The molecule has 0 unspecified atom stereocenters. The lowest BCUT2D eigenvalue weighted by Crippen LogP contribution is -2.39. The van der Waals surface area contributed by atoms with E-state index in [0.717, 1.165) is 44.9 Å². The molecule has 1 aromatic carbocycles. The summed E-state index contributed by atoms with van der Waals surface area (Å²) >= 11 is 0. The molecule has 33 heavy (non-hydrogen) atoms. The second-order valence-electron chi connectivity index (χ2n) is 9.67. The Labute approximate surface area is 195 Å². The van der Waals surface area contributed by atoms with E-state index < -0.39 is 14.9 Å². The Morgan fingerprint density at radius 2 is 1.76 bits per heavy atom. The molecule has 2 heterocycles. The molecule has 1 atom stereocenters. The van der Waals surface area contributed by atoms with Gasteiger partial charge in [0.25, 0.3) is 5.69 Å². The third-order valence-electron chi connectivity index (χ3n) is 7.25. The van der Waals surface area contributed by atoms with Crippen LogP contribution in [0.25, 0.3) is 0 Å². The van der Waals surface area contributed by atoms with Crippen LogP contribution in [0.1, 0.15) is 51.9 Å². The van der Waals surface area contributed by atoms with Crippen LogP contribution >= 0.6 is 0 Å². The summed E-state index contributed by atoms with van der Waals surface area (Å²) in [6, 6.07) is 4.26. The van der Waals surface area contributed by atoms with Crippen molar-refractivity contribution in [2.45, 2.75) is 56.8 Å². The van der Waals surface area contributed by atoms with E-state index in [1.54, 1.807) is 6.07 Å². The average molecular weight is 479 g/mol. The molecule has 1 saturated carbocycles. The maximum absolute atomic E-state index is 13.1. The van der Waals surface area contributed by atoms with Crippen molar-refractivity contribution in [1.82, 2.24) is 9.21 Å². The number of carbonyl (C=O) groups is 1. The quantitative estimate of drug-likeness (QED) is 0.475. The number of nitrogens with zero attached hydrogens (tertiary/aromatic N) is 4. The van der Waals surface area contributed by atoms with Crippen LogP contribution in [0.4, 0.5) is 11.4 Å². The fourth-order valence-electron chi connectivity index (χ4n) is 5.40. The molecule has 0 bridgehead atoms. The Morgan fingerprint density at radius 1 is 1.00 bits per heavy atom. The number of hydrogen-bond donors (Lipinski definition) is 0. The lowest BCUT2D eigenvalue weighted by Gasteiger charge is -2.30. The van der Waals surface area contributed by atoms with Crippen LogP contribution < -0.4 is 4.90 Å². The third kappa shape index (κ3) is 5.16. The van der Waals surface area contributed by atoms with E-state index in [2.05, 4.69) is 0 Å². The molecule has 9 nitrogen and oxygen atoms in total. The SMILES string of the molecule is C[C@H]1CCCN(S(=O)(=O)c2ccc(N3CCCN(C(=O)C4CCCC4)CC3)c([N+](=O)[O-])c2)C1. The molecular weight excluding hydrogens is 444 g/mol. The first-order valence-corrected chi connectivity index (χ1v) is 13.5. The number of benzene rings is 1. The highest BCUT2D eigenvalue weighted by Gasteiger charge is 2.33. The van der Waals surface area contributed by atoms with E-state index in [1.807, 2.05) is 16.7 Å². The van der Waals surface area contributed by atoms with Gasteiger partial charge in [0, 0.05) is 51.3 Å². The predicted octanol–water partition coefficient (Wildman–Crippen LogP) is 3.24. The number of piperidine rings is 1. The highest BCUT2D eigenvalue weighted by atomic mass is 32.2. The largest absolute Gasteiger partial charge is 0.364 e. The standard InChI is InChI=1S/C23H34N4O5S/c1-18-6-4-13-26(17-18)33(31,32)20-9-10-21(22(16-20)27(29)30)24-11-5-12-25(15-14-24)23(28)19-7-2-3-8-19/h9-10,16,18-19H,2-8,11-15,17H2,1H3/t18-/m0/s1. The fraction of sp³-hybridized carbons (Fsp3) is 0.696. The second-order valence-corrected chi connectivity index (χ2v) is 11.6. The van der Waals surface area contributed by atoms with Crippen LogP contribution in [0.2, 0.25) is 0 Å². The van der Waals surface area contributed by atoms with Crippen molar-refractivity contribution >= 4 is 27.3 Å². The summed E-state index contributed by atoms with van der Waals surface area (Å²) in [4.78, 5) is 28.0. The van der Waals surface area contributed by atoms with Gasteiger partial charge in [-0.15, -0.1) is 0 Å². The van der Waals surface area contributed by atoms with Gasteiger partial charge < -0.3 is 9.80 Å². The molecule has 0 N–H and O–H groups in total. The van der Waals surface area contributed by atoms with Crippen LogP contribution in [0.3, 0.4) is 0 Å². The maximum atomic E-state index is 13.1. The number of sulfonamides is 1. The molecule has 182 valence electrons. The van der Waals surface area contributed by atoms with E-state index in [0.29, 0.717) is 45.0 Å². The number of anilines is 1. The first-order chi connectivity index (χ1) is 15.8. The molecular formula is C23H34N4O5S. The number of nitro benzene ring substituents is 1. The van der Waals surface area contributed by atoms with Crippen molar-refractivity contribution in [2.75, 3.05) is 44.2 Å². The van der Waals surface area contributed by atoms with Crippen molar-refractivity contribution in [3.05, 3.63) is 28.3 Å². The van der Waals surface area contributed by atoms with Gasteiger partial charge in [-0.1, -0.05) is 19.8 Å². The molecule has 10 heteroatoms. The minimum Gasteiger partial charge on any atom is -0.364 e. The van der Waals surface area contributed by atoms with E-state index >= 15 is 0 Å². The Hall–Kier alpha value is -2.20. The van der Waals surface area contributed by atoms with E-state index in [-0.39, 0.29) is 28.3 Å². The summed E-state index contributed by atoms with van der Waals surface area (Å²) in [5.41, 5.74) is 0.220. The number of hydrogen-bond acceptors (Lipinski definition) is 6. The number of amides is 1. The second kappa shape index (κ2) is 9.97. The van der Waals surface area contributed by atoms with E-state index in [4.69, 9.17) is 0 Å². The van der Waals surface area contributed by atoms with E-state index in [9.17, 15) is 23.3 Å². The van der Waals surface area contributed by atoms with Gasteiger partial charge in [0.1, 0.15) is 5.69 Å². The van der Waals surface area contributed by atoms with E-state index in [1.165, 1.54) is 16.4 Å². The monoisotopic (exact) mass is 478 g/mol. The van der Waals surface area contributed by atoms with Gasteiger partial charge in [0.05, 0.1) is 9.82 Å². The molecule has 3 aliphatic rings. The highest BCUT2D eigenvalue weighted by molar-refractivity contribution is 7.89. The smallest absolute Gasteiger partial charge is 0.293 e. The van der Waals surface area contributed by atoms with Gasteiger partial charge in [-0.2, -0.15) is 4.31 Å². The summed E-state index contributed by atoms with van der Waals surface area (Å²) in [5.74, 6) is 0.601. The van der Waals surface area contributed by atoms with Crippen molar-refractivity contribution in [1.29, 1.82) is 0 Å². The number of carbonyl (C=O) groups excluding carboxylic acids is 1. The molecule has 1 aliphatic carbocycles. The molecule has 0 spiro atoms. The molecule has 1 amide bonds. The lowest BCUT2D eigenvalue weighted by molar-refractivity contribution is -0.384. The normalized spacial score (nSPS) is 23.5. The van der Waals surface area contributed by atoms with Gasteiger partial charge in [-0.05, 0) is 50.2 Å². The maximum Gasteiger partial charge on any atom is 0.293 e. The summed E-state index contributed by atoms with van der Waals surface area (Å²) in [6.45, 7) is 5.17. The predicted molar refractivity (Wildman–Crippen MR) is 126 cm³/mol. The Morgan fingerprint density at radius 3 is 2.45 bits per heavy atom. The highest BCUT2D eigenvalue weighted by Crippen LogP contribution is 2.34. The van der Waals surface area contributed by atoms with Gasteiger partial charge >= 0.3 is 0 Å². The van der Waals surface area contributed by atoms with Crippen molar-refractivity contribution in [3.8, 4) is 0 Å². The molecule has 1 aromatic rings. The summed E-state index contributed by atoms with van der Waals surface area (Å²) in [6.07, 6.45) is 6.63. The minimum absolute atomic E-state index is 0.0279. The van der Waals surface area contributed by atoms with Gasteiger partial charge in [0.15, 0.2) is 0 Å². The third-order valence-corrected chi connectivity index (χ3v) is 9.11. The molecule has 0 radical (unpaired) electrons. The van der Waals surface area contributed by atoms with Gasteiger partial charge in [-0.3, -0.25) is 14.9 Å². The van der Waals surface area contributed by atoms with Crippen LogP contribution in [0.5, 0.6) is 0 Å². The topological polar surface area (TPSA) is 104 Å². The lowest BCUT2D eigenvalue weighted by atomic mass is 10.0. The molecule has 3 fully saturated rings. The summed E-state index contributed by atoms with van der Waals surface area (Å²) in [7, 11) is -3.78. The molecule has 0 aromatic heterocycles. The number of nitro groups is 1. The first-order valence-electron chi connectivity index (χ1n) is 12.1. The number of rotatable bonds is 5. The fourth-order valence-corrected chi connectivity index (χ4v) is 7.02. The summed E-state index contributed by atoms with van der Waals surface area (Å²) in [5, 5.41) is 11.9. The van der Waals surface area contributed by atoms with Crippen LogP contribution in [0.15, 0.2) is 23.1 Å². The van der Waals surface area contributed by atoms with Crippen LogP contribution in [-0.4, -0.2) is 67.7 Å². The Bertz CT molecular complexity index is 993. The van der Waals surface area contributed by atoms with Crippen LogP contribution in [-0.2, 0) is 14.8 Å². The van der Waals surface area contributed by atoms with Gasteiger partial charge in [-0.25, -0.2) is 8.42 Å². The zero-order valence-corrected chi connectivity index (χ0v) is 20.1. The zero-order chi connectivity index (χ0) is 23.6. The molecule has 4 rings (SSSR count). The Kier molecular flexibility index (Phi) is 7.23. The van der Waals surface area contributed by atoms with Crippen molar-refractivity contribution in [3.63, 3.8) is 0 Å².